The Morgan fingerprint density at radius 1 is 1.75 bits per heavy atom. The van der Waals surface area contributed by atoms with Gasteiger partial charge in [0.25, 0.3) is 0 Å². The van der Waals surface area contributed by atoms with Gasteiger partial charge in [-0.1, -0.05) is 22.0 Å². The first-order valence-electron chi connectivity index (χ1n) is 4.03. The Kier molecular flexibility index (Phi) is 8.57. The second kappa shape index (κ2) is 8.18. The number of halogens is 1. The third kappa shape index (κ3) is 5.26. The molecule has 0 N–H and O–H groups in total. The molecule has 0 saturated carbocycles. The molecule has 0 bridgehead atoms. The van der Waals surface area contributed by atoms with Gasteiger partial charge in [0, 0.05) is 5.33 Å². The number of hydrogen-bond acceptors (Lipinski definition) is 0. The maximum atomic E-state index is 3.43. The molecule has 0 spiro atoms. The van der Waals surface area contributed by atoms with E-state index in [1.165, 1.54) is 37.2 Å². The zero-order chi connectivity index (χ0) is 9.40. The second-order valence-corrected chi connectivity index (χ2v) is 5.22. The molecule has 2 heteroatoms. The van der Waals surface area contributed by atoms with E-state index in [1.54, 1.807) is 15.0 Å². The maximum absolute atomic E-state index is 3.43. The molecule has 1 rings (SSSR count). The van der Waals surface area contributed by atoms with Crippen LogP contribution in [0.4, 0.5) is 0 Å². The van der Waals surface area contributed by atoms with Crippen molar-refractivity contribution in [3.05, 3.63) is 33.7 Å². The van der Waals surface area contributed by atoms with Crippen LogP contribution in [0.1, 0.15) is 19.8 Å². The fourth-order valence-electron chi connectivity index (χ4n) is 0.882. The van der Waals surface area contributed by atoms with Crippen molar-refractivity contribution in [2.24, 2.45) is 0 Å². The Balaban J connectivity index is 0.000000261. The van der Waals surface area contributed by atoms with E-state index in [1.807, 2.05) is 0 Å². The molecule has 0 saturated heterocycles. The van der Waals surface area contributed by atoms with Gasteiger partial charge in [0.1, 0.15) is 0 Å². The molecule has 0 atom stereocenters. The predicted octanol–water partition coefficient (Wildman–Crippen LogP) is 3.72. The zero-order valence-corrected chi connectivity index (χ0v) is 12.6. The molecule has 65 valence electrons. The van der Waals surface area contributed by atoms with Gasteiger partial charge < -0.3 is 0 Å². The van der Waals surface area contributed by atoms with Crippen LogP contribution < -0.4 is 0 Å². The van der Waals surface area contributed by atoms with Crippen LogP contribution >= 0.6 is 15.9 Å². The minimum absolute atomic E-state index is 0.896. The topological polar surface area (TPSA) is 0 Å². The number of alkyl halides is 1. The summed E-state index contributed by atoms with van der Waals surface area (Å²) in [6.07, 6.45) is 8.80. The summed E-state index contributed by atoms with van der Waals surface area (Å²) < 4.78 is 1.69. The molecule has 0 aromatic rings. The molecule has 0 unspecified atom stereocenters. The molecular weight excluding hydrogens is 379 g/mol. The van der Waals surface area contributed by atoms with Crippen LogP contribution in [0.3, 0.4) is 0 Å². The van der Waals surface area contributed by atoms with Crippen molar-refractivity contribution in [2.75, 3.05) is 5.33 Å². The Morgan fingerprint density at radius 2 is 2.33 bits per heavy atom. The molecule has 0 amide bonds. The average Bonchev–Trinajstić information content (AvgIpc) is 2.51. The van der Waals surface area contributed by atoms with Crippen molar-refractivity contribution < 1.29 is 24.4 Å². The summed E-state index contributed by atoms with van der Waals surface area (Å²) in [6, 6.07) is 0. The SMILES string of the molecule is C=CCBr.CCC1=[C]([Hf])CC=C1. The van der Waals surface area contributed by atoms with E-state index in [4.69, 9.17) is 0 Å². The van der Waals surface area contributed by atoms with Gasteiger partial charge >= 0.3 is 65.2 Å². The molecule has 1 aliphatic rings. The molecule has 12 heavy (non-hydrogen) atoms. The molecule has 0 nitrogen and oxygen atoms in total. The molecule has 0 radical (unpaired) electrons. The van der Waals surface area contributed by atoms with Crippen molar-refractivity contribution in [3.63, 3.8) is 0 Å². The van der Waals surface area contributed by atoms with Crippen LogP contribution in [-0.2, 0) is 24.4 Å². The van der Waals surface area contributed by atoms with Crippen molar-refractivity contribution in [3.8, 4) is 0 Å². The Hall–Kier alpha value is 0.570. The minimum atomic E-state index is 0.896. The predicted molar refractivity (Wildman–Crippen MR) is 55.1 cm³/mol. The summed E-state index contributed by atoms with van der Waals surface area (Å²) in [5.41, 5.74) is 1.59. The summed E-state index contributed by atoms with van der Waals surface area (Å²) in [6.45, 7) is 5.66. The molecule has 0 heterocycles. The number of hydrogen-bond donors (Lipinski definition) is 0. The van der Waals surface area contributed by atoms with Gasteiger partial charge in [0.2, 0.25) is 0 Å². The molecule has 0 aromatic heterocycles. The van der Waals surface area contributed by atoms with E-state index in [0.717, 1.165) is 5.33 Å². The normalized spacial score (nSPS) is 14.1. The van der Waals surface area contributed by atoms with E-state index in [2.05, 4.69) is 41.6 Å². The van der Waals surface area contributed by atoms with Crippen molar-refractivity contribution in [1.29, 1.82) is 0 Å². The zero-order valence-electron chi connectivity index (χ0n) is 7.44. The van der Waals surface area contributed by atoms with E-state index >= 15 is 0 Å². The summed E-state index contributed by atoms with van der Waals surface area (Å²) in [7, 11) is 0. The summed E-state index contributed by atoms with van der Waals surface area (Å²) in [5, 5.41) is 0.896. The fraction of sp³-hybridized carbons (Fsp3) is 0.400. The van der Waals surface area contributed by atoms with Crippen LogP contribution in [0, 0.1) is 0 Å². The van der Waals surface area contributed by atoms with Crippen LogP contribution in [0.25, 0.3) is 0 Å². The molecule has 1 aliphatic carbocycles. The second-order valence-electron chi connectivity index (χ2n) is 2.41. The first-order valence-corrected chi connectivity index (χ1v) is 6.95. The Morgan fingerprint density at radius 3 is 2.50 bits per heavy atom. The van der Waals surface area contributed by atoms with Crippen molar-refractivity contribution in [2.45, 2.75) is 19.8 Å². The van der Waals surface area contributed by atoms with E-state index in [0.29, 0.717) is 0 Å². The van der Waals surface area contributed by atoms with Crippen LogP contribution in [-0.4, -0.2) is 5.33 Å². The van der Waals surface area contributed by atoms with Gasteiger partial charge in [-0.25, -0.2) is 0 Å². The standard InChI is InChI=1S/C7H9.C3H5Br.Hf/c1-2-7-5-3-4-6-7;1-2-3-4;/h3,5H,2,4H2,1H3;2H,1,3H2;. The quantitative estimate of drug-likeness (QED) is 0.382. The van der Waals surface area contributed by atoms with Gasteiger partial charge in [-0.05, 0) is 0 Å². The Bertz CT molecular complexity index is 192. The first kappa shape index (κ1) is 12.6. The molecular formula is C10H14BrHf. The van der Waals surface area contributed by atoms with Crippen LogP contribution in [0.2, 0.25) is 0 Å². The van der Waals surface area contributed by atoms with Gasteiger partial charge in [0.05, 0.1) is 0 Å². The summed E-state index contributed by atoms with van der Waals surface area (Å²) in [5.74, 6) is 0. The van der Waals surface area contributed by atoms with Gasteiger partial charge in [-0.3, -0.25) is 0 Å². The van der Waals surface area contributed by atoms with Crippen molar-refractivity contribution in [1.82, 2.24) is 0 Å². The van der Waals surface area contributed by atoms with Crippen LogP contribution in [0.5, 0.6) is 0 Å². The third-order valence-corrected chi connectivity index (χ3v) is 3.86. The monoisotopic (exact) mass is 393 g/mol. The number of rotatable bonds is 2. The first-order chi connectivity index (χ1) is 5.76. The average molecular weight is 393 g/mol. The van der Waals surface area contributed by atoms with Gasteiger partial charge in [-0.15, -0.1) is 6.58 Å². The molecule has 0 aromatic carbocycles. The number of allylic oxidation sites excluding steroid dienone is 5. The fourth-order valence-corrected chi connectivity index (χ4v) is 2.24. The third-order valence-electron chi connectivity index (χ3n) is 1.52. The van der Waals surface area contributed by atoms with E-state index in [9.17, 15) is 0 Å². The van der Waals surface area contributed by atoms with Gasteiger partial charge in [-0.2, -0.15) is 0 Å². The molecule has 0 aliphatic heterocycles. The van der Waals surface area contributed by atoms with Crippen molar-refractivity contribution >= 4 is 15.9 Å². The van der Waals surface area contributed by atoms with Crippen LogP contribution in [0.15, 0.2) is 33.7 Å². The van der Waals surface area contributed by atoms with E-state index < -0.39 is 0 Å². The molecule has 0 fully saturated rings. The Labute approximate surface area is 98.5 Å². The van der Waals surface area contributed by atoms with Gasteiger partial charge in [0.15, 0.2) is 0 Å². The summed E-state index contributed by atoms with van der Waals surface area (Å²) >= 11 is 4.39. The summed E-state index contributed by atoms with van der Waals surface area (Å²) in [4.78, 5) is 0. The van der Waals surface area contributed by atoms with E-state index in [-0.39, 0.29) is 0 Å².